The zero-order valence-electron chi connectivity index (χ0n) is 19.0. The second-order valence-electron chi connectivity index (χ2n) is 11.0. The van der Waals surface area contributed by atoms with Crippen molar-refractivity contribution in [3.8, 4) is 0 Å². The third kappa shape index (κ3) is 3.66. The van der Waals surface area contributed by atoms with Crippen molar-refractivity contribution in [1.82, 2.24) is 0 Å². The Kier molecular flexibility index (Phi) is 7.00. The average molecular weight is 427 g/mol. The quantitative estimate of drug-likeness (QED) is 0.614. The van der Waals surface area contributed by atoms with E-state index in [-0.39, 0.29) is 76.9 Å². The number of ketones is 2. The minimum absolute atomic E-state index is 0. The number of Topliss-reactive ketones (excluding diaryl/α,β-unsaturated/α-hetero) is 2. The molecule has 0 radical (unpaired) electrons. The van der Waals surface area contributed by atoms with Crippen LogP contribution in [0.5, 0.6) is 0 Å². The average Bonchev–Trinajstić information content (AvgIpc) is 3.01. The first-order valence-electron chi connectivity index (χ1n) is 11.5. The van der Waals surface area contributed by atoms with Crippen LogP contribution in [-0.2, 0) is 14.4 Å². The van der Waals surface area contributed by atoms with Crippen molar-refractivity contribution in [3.63, 3.8) is 0 Å². The number of carboxylic acids is 1. The van der Waals surface area contributed by atoms with Crippen molar-refractivity contribution in [2.24, 2.45) is 46.3 Å². The number of aliphatic hydroxyl groups excluding tert-OH is 1. The monoisotopic (exact) mass is 426 g/mol. The molecule has 0 bridgehead atoms. The largest absolute Gasteiger partial charge is 1.00 e. The van der Waals surface area contributed by atoms with E-state index in [1.807, 2.05) is 0 Å². The molecule has 0 aromatic heterocycles. The van der Waals surface area contributed by atoms with E-state index in [4.69, 9.17) is 0 Å². The maximum absolute atomic E-state index is 13.6. The van der Waals surface area contributed by atoms with Gasteiger partial charge in [-0.05, 0) is 79.4 Å². The molecule has 30 heavy (non-hydrogen) atoms. The third-order valence-corrected chi connectivity index (χ3v) is 9.92. The van der Waals surface area contributed by atoms with Gasteiger partial charge in [-0.2, -0.15) is 0 Å². The van der Waals surface area contributed by atoms with Gasteiger partial charge in [0.2, 0.25) is 0 Å². The smallest absolute Gasteiger partial charge is 0.550 e. The van der Waals surface area contributed by atoms with Crippen LogP contribution in [0, 0.1) is 46.3 Å². The van der Waals surface area contributed by atoms with Gasteiger partial charge in [-0.15, -0.1) is 0 Å². The van der Waals surface area contributed by atoms with Crippen molar-refractivity contribution < 1.29 is 54.2 Å². The number of aliphatic hydroxyl groups is 1. The molecule has 4 aliphatic rings. The molecule has 4 rings (SSSR count). The summed E-state index contributed by atoms with van der Waals surface area (Å²) in [6.45, 7) is 6.43. The van der Waals surface area contributed by atoms with E-state index in [2.05, 4.69) is 20.8 Å². The van der Waals surface area contributed by atoms with Gasteiger partial charge in [-0.3, -0.25) is 9.59 Å². The molecular weight excluding hydrogens is 391 g/mol. The topological polar surface area (TPSA) is 94.5 Å². The predicted octanol–water partition coefficient (Wildman–Crippen LogP) is -0.466. The number of carboxylic acid groups (broad SMARTS) is 1. The fourth-order valence-electron chi connectivity index (χ4n) is 8.22. The van der Waals surface area contributed by atoms with Crippen LogP contribution >= 0.6 is 0 Å². The number of aliphatic carboxylic acids is 1. The summed E-state index contributed by atoms with van der Waals surface area (Å²) in [6.07, 6.45) is 5.16. The fourth-order valence-corrected chi connectivity index (χ4v) is 8.22. The molecule has 9 atom stereocenters. The summed E-state index contributed by atoms with van der Waals surface area (Å²) in [5, 5.41) is 22.1. The van der Waals surface area contributed by atoms with E-state index in [0.717, 1.165) is 19.3 Å². The van der Waals surface area contributed by atoms with Crippen LogP contribution < -0.4 is 34.7 Å². The van der Waals surface area contributed by atoms with E-state index in [1.165, 1.54) is 0 Å². The second-order valence-corrected chi connectivity index (χ2v) is 11.0. The van der Waals surface area contributed by atoms with Gasteiger partial charge < -0.3 is 15.0 Å². The first-order chi connectivity index (χ1) is 13.6. The normalized spacial score (nSPS) is 46.3. The molecule has 0 spiro atoms. The third-order valence-electron chi connectivity index (χ3n) is 9.92. The zero-order valence-corrected chi connectivity index (χ0v) is 21.0. The first-order valence-corrected chi connectivity index (χ1v) is 11.5. The van der Waals surface area contributed by atoms with E-state index < -0.39 is 17.5 Å². The van der Waals surface area contributed by atoms with E-state index >= 15 is 0 Å². The number of fused-ring (bicyclic) bond motifs is 5. The molecule has 0 heterocycles. The van der Waals surface area contributed by atoms with E-state index in [0.29, 0.717) is 43.7 Å². The Morgan fingerprint density at radius 1 is 1.20 bits per heavy atom. The van der Waals surface area contributed by atoms with E-state index in [1.54, 1.807) is 0 Å². The van der Waals surface area contributed by atoms with Gasteiger partial charge >= 0.3 is 29.6 Å². The molecule has 0 amide bonds. The molecular formula is C24H35NaO5. The van der Waals surface area contributed by atoms with Crippen LogP contribution in [0.3, 0.4) is 0 Å². The molecule has 5 unspecified atom stereocenters. The predicted molar refractivity (Wildman–Crippen MR) is 105 cm³/mol. The number of rotatable bonds is 4. The van der Waals surface area contributed by atoms with Gasteiger partial charge in [-0.25, -0.2) is 0 Å². The minimum Gasteiger partial charge on any atom is -0.550 e. The van der Waals surface area contributed by atoms with Gasteiger partial charge in [-0.1, -0.05) is 20.8 Å². The Hall–Kier alpha value is -0.230. The number of hydrogen-bond acceptors (Lipinski definition) is 5. The molecule has 162 valence electrons. The molecule has 1 N–H and O–H groups in total. The summed E-state index contributed by atoms with van der Waals surface area (Å²) >= 11 is 0. The molecule has 0 aromatic carbocycles. The Morgan fingerprint density at radius 3 is 2.57 bits per heavy atom. The van der Waals surface area contributed by atoms with Crippen molar-refractivity contribution in [2.45, 2.75) is 84.7 Å². The van der Waals surface area contributed by atoms with Crippen LogP contribution in [0.15, 0.2) is 0 Å². The Bertz CT molecular complexity index is 722. The molecule has 5 nitrogen and oxygen atoms in total. The van der Waals surface area contributed by atoms with Gasteiger partial charge in [0, 0.05) is 30.6 Å². The summed E-state index contributed by atoms with van der Waals surface area (Å²) in [4.78, 5) is 36.6. The molecule has 0 aromatic rings. The van der Waals surface area contributed by atoms with Gasteiger partial charge in [0.05, 0.1) is 6.10 Å². The van der Waals surface area contributed by atoms with Gasteiger partial charge in [0.15, 0.2) is 0 Å². The zero-order chi connectivity index (χ0) is 21.1. The molecule has 4 fully saturated rings. The van der Waals surface area contributed by atoms with Crippen LogP contribution in [-0.4, -0.2) is 28.7 Å². The van der Waals surface area contributed by atoms with Crippen LogP contribution in [0.1, 0.15) is 78.6 Å². The molecule has 0 saturated heterocycles. The summed E-state index contributed by atoms with van der Waals surface area (Å²) < 4.78 is 0. The van der Waals surface area contributed by atoms with Crippen molar-refractivity contribution in [2.75, 3.05) is 0 Å². The van der Waals surface area contributed by atoms with Crippen molar-refractivity contribution in [1.29, 1.82) is 0 Å². The van der Waals surface area contributed by atoms with Crippen LogP contribution in [0.2, 0.25) is 0 Å². The van der Waals surface area contributed by atoms with Crippen molar-refractivity contribution >= 4 is 17.5 Å². The van der Waals surface area contributed by atoms with Gasteiger partial charge in [0.1, 0.15) is 11.6 Å². The SMILES string of the molecule is C[C@H](CCC(=O)[O-])[C@H]1CCC2C3C(O)CC4CC(=O)CC[C@]4(C)C3CC(=O)[C@@]21C.[Na+]. The van der Waals surface area contributed by atoms with Crippen LogP contribution in [0.4, 0.5) is 0 Å². The minimum atomic E-state index is -1.03. The number of carbonyl (C=O) groups excluding carboxylic acids is 3. The summed E-state index contributed by atoms with van der Waals surface area (Å²) in [7, 11) is 0. The summed E-state index contributed by atoms with van der Waals surface area (Å²) in [6, 6.07) is 0. The molecule has 4 aliphatic carbocycles. The molecule has 4 saturated carbocycles. The first kappa shape index (κ1) is 24.4. The number of hydrogen-bond donors (Lipinski definition) is 1. The standard InChI is InChI=1S/C24H36O5.Na/c1-13(4-7-21(28)29)16-5-6-17-22-18(12-20(27)24(16,17)3)23(2)9-8-15(25)10-14(23)11-19(22)26;/h13-14,16-19,22,26H,4-12H2,1-3H3,(H,28,29);/q;+1/p-1/t13-,14?,16-,17?,18?,19?,22?,23+,24-;/m1./s1. The number of carbonyl (C=O) groups is 3. The molecule has 0 aliphatic heterocycles. The second kappa shape index (κ2) is 8.61. The Morgan fingerprint density at radius 2 is 1.90 bits per heavy atom. The fraction of sp³-hybridized carbons (Fsp3) is 0.875. The maximum Gasteiger partial charge on any atom is 1.00 e. The Labute approximate surface area is 202 Å². The van der Waals surface area contributed by atoms with E-state index in [9.17, 15) is 24.6 Å². The maximum atomic E-state index is 13.6. The summed E-state index contributed by atoms with van der Waals surface area (Å²) in [5.74, 6) is 0.528. The van der Waals surface area contributed by atoms with Crippen molar-refractivity contribution in [3.05, 3.63) is 0 Å². The van der Waals surface area contributed by atoms with Crippen LogP contribution in [0.25, 0.3) is 0 Å². The molecule has 6 heteroatoms. The summed E-state index contributed by atoms with van der Waals surface area (Å²) in [5.41, 5.74) is -0.505. The van der Waals surface area contributed by atoms with Gasteiger partial charge in [0.25, 0.3) is 0 Å². The Balaban J connectivity index is 0.00000256.